The first-order valence-corrected chi connectivity index (χ1v) is 6.61. The summed E-state index contributed by atoms with van der Waals surface area (Å²) in [5, 5.41) is 9.28. The maximum atomic E-state index is 11.3. The van der Waals surface area contributed by atoms with E-state index in [0.717, 1.165) is 19.3 Å². The first-order valence-electron chi connectivity index (χ1n) is 6.61. The Morgan fingerprint density at radius 2 is 2.18 bits per heavy atom. The van der Waals surface area contributed by atoms with E-state index in [2.05, 4.69) is 26.8 Å². The van der Waals surface area contributed by atoms with E-state index in [1.807, 2.05) is 6.08 Å². The number of allylic oxidation sites excluding steroid dienone is 3. The van der Waals surface area contributed by atoms with Gasteiger partial charge in [0.05, 0.1) is 0 Å². The number of aliphatic carboxylic acids is 1. The standard InChI is InChI=1S/C15H22O2/c1-9(2)11-6-7-13(15(16)17)12-5-4-10(3)8-14(11)12/h7-9,11-12,14H,4-6H2,1-3H3,(H,16,17)/t11-,12?,14?/m1/s1. The average molecular weight is 234 g/mol. The number of carbonyl (C=O) groups is 1. The Bertz CT molecular complexity index is 376. The van der Waals surface area contributed by atoms with Crippen molar-refractivity contribution >= 4 is 5.97 Å². The summed E-state index contributed by atoms with van der Waals surface area (Å²) in [6, 6.07) is 0. The summed E-state index contributed by atoms with van der Waals surface area (Å²) in [5.41, 5.74) is 2.10. The third kappa shape index (κ3) is 2.31. The van der Waals surface area contributed by atoms with Gasteiger partial charge >= 0.3 is 5.97 Å². The number of carboxylic acid groups (broad SMARTS) is 1. The Morgan fingerprint density at radius 3 is 2.76 bits per heavy atom. The largest absolute Gasteiger partial charge is 0.478 e. The van der Waals surface area contributed by atoms with Gasteiger partial charge in [0, 0.05) is 5.57 Å². The Kier molecular flexibility index (Phi) is 3.41. The highest BCUT2D eigenvalue weighted by atomic mass is 16.4. The molecule has 0 aliphatic heterocycles. The van der Waals surface area contributed by atoms with E-state index < -0.39 is 5.97 Å². The lowest BCUT2D eigenvalue weighted by atomic mass is 9.64. The minimum Gasteiger partial charge on any atom is -0.478 e. The molecule has 2 nitrogen and oxygen atoms in total. The molecular formula is C15H22O2. The fourth-order valence-electron chi connectivity index (χ4n) is 3.42. The summed E-state index contributed by atoms with van der Waals surface area (Å²) in [4.78, 5) is 11.3. The second-order valence-corrected chi connectivity index (χ2v) is 5.84. The van der Waals surface area contributed by atoms with Crippen LogP contribution in [0.5, 0.6) is 0 Å². The minimum absolute atomic E-state index is 0.248. The van der Waals surface area contributed by atoms with Crippen LogP contribution < -0.4 is 0 Å². The molecule has 0 spiro atoms. The van der Waals surface area contributed by atoms with Gasteiger partial charge in [-0.3, -0.25) is 0 Å². The first kappa shape index (κ1) is 12.4. The van der Waals surface area contributed by atoms with Crippen molar-refractivity contribution in [1.29, 1.82) is 0 Å². The summed E-state index contributed by atoms with van der Waals surface area (Å²) >= 11 is 0. The van der Waals surface area contributed by atoms with E-state index in [1.165, 1.54) is 5.57 Å². The van der Waals surface area contributed by atoms with Gasteiger partial charge in [0.1, 0.15) is 0 Å². The van der Waals surface area contributed by atoms with Crippen molar-refractivity contribution in [3.8, 4) is 0 Å². The molecule has 0 bridgehead atoms. The number of fused-ring (bicyclic) bond motifs is 1. The van der Waals surface area contributed by atoms with Crippen LogP contribution in [0.25, 0.3) is 0 Å². The van der Waals surface area contributed by atoms with E-state index in [-0.39, 0.29) is 5.92 Å². The fourth-order valence-corrected chi connectivity index (χ4v) is 3.42. The average Bonchev–Trinajstić information content (AvgIpc) is 2.26. The topological polar surface area (TPSA) is 37.3 Å². The molecule has 0 fully saturated rings. The van der Waals surface area contributed by atoms with Gasteiger partial charge in [0.2, 0.25) is 0 Å². The zero-order valence-electron chi connectivity index (χ0n) is 10.9. The zero-order valence-corrected chi connectivity index (χ0v) is 10.9. The molecule has 0 aromatic carbocycles. The van der Waals surface area contributed by atoms with Crippen LogP contribution in [0.15, 0.2) is 23.3 Å². The van der Waals surface area contributed by atoms with Gasteiger partial charge in [-0.05, 0) is 49.9 Å². The lowest BCUT2D eigenvalue weighted by Crippen LogP contribution is -2.34. The lowest BCUT2D eigenvalue weighted by Gasteiger charge is -2.40. The Labute approximate surface area is 103 Å². The molecule has 3 atom stereocenters. The van der Waals surface area contributed by atoms with Crippen molar-refractivity contribution in [2.24, 2.45) is 23.7 Å². The molecular weight excluding hydrogens is 212 g/mol. The molecule has 2 aliphatic rings. The number of carboxylic acids is 1. The van der Waals surface area contributed by atoms with Gasteiger partial charge in [-0.15, -0.1) is 0 Å². The Hall–Kier alpha value is -1.05. The van der Waals surface area contributed by atoms with Crippen LogP contribution in [0.3, 0.4) is 0 Å². The molecule has 2 unspecified atom stereocenters. The van der Waals surface area contributed by atoms with Crippen LogP contribution in [0.2, 0.25) is 0 Å². The maximum absolute atomic E-state index is 11.3. The third-order valence-electron chi connectivity index (χ3n) is 4.40. The molecule has 2 aliphatic carbocycles. The highest BCUT2D eigenvalue weighted by Crippen LogP contribution is 2.45. The van der Waals surface area contributed by atoms with Crippen molar-refractivity contribution in [3.63, 3.8) is 0 Å². The molecule has 2 rings (SSSR count). The normalized spacial score (nSPS) is 32.8. The van der Waals surface area contributed by atoms with Gasteiger partial charge in [-0.25, -0.2) is 4.79 Å². The lowest BCUT2D eigenvalue weighted by molar-refractivity contribution is -0.133. The number of hydrogen-bond acceptors (Lipinski definition) is 1. The van der Waals surface area contributed by atoms with Gasteiger partial charge in [-0.1, -0.05) is 31.6 Å². The molecule has 1 N–H and O–H groups in total. The summed E-state index contributed by atoms with van der Waals surface area (Å²) < 4.78 is 0. The van der Waals surface area contributed by atoms with E-state index in [1.54, 1.807) is 0 Å². The second kappa shape index (κ2) is 4.67. The van der Waals surface area contributed by atoms with Gasteiger partial charge in [0.25, 0.3) is 0 Å². The predicted molar refractivity (Wildman–Crippen MR) is 68.6 cm³/mol. The molecule has 0 saturated heterocycles. The van der Waals surface area contributed by atoms with Crippen molar-refractivity contribution in [2.75, 3.05) is 0 Å². The summed E-state index contributed by atoms with van der Waals surface area (Å²) in [6.45, 7) is 6.67. The zero-order chi connectivity index (χ0) is 12.6. The van der Waals surface area contributed by atoms with Crippen LogP contribution in [0.4, 0.5) is 0 Å². The quantitative estimate of drug-likeness (QED) is 0.740. The SMILES string of the molecule is CC1=CC2C(CC1)C(C(=O)O)=CC[C@@H]2C(C)C. The van der Waals surface area contributed by atoms with E-state index >= 15 is 0 Å². The van der Waals surface area contributed by atoms with Crippen molar-refractivity contribution in [1.82, 2.24) is 0 Å². The van der Waals surface area contributed by atoms with Gasteiger partial charge in [-0.2, -0.15) is 0 Å². The van der Waals surface area contributed by atoms with E-state index in [4.69, 9.17) is 0 Å². The highest BCUT2D eigenvalue weighted by molar-refractivity contribution is 5.87. The minimum atomic E-state index is -0.713. The Morgan fingerprint density at radius 1 is 1.47 bits per heavy atom. The monoisotopic (exact) mass is 234 g/mol. The smallest absolute Gasteiger partial charge is 0.331 e. The van der Waals surface area contributed by atoms with Crippen molar-refractivity contribution in [3.05, 3.63) is 23.3 Å². The molecule has 0 radical (unpaired) electrons. The molecule has 0 saturated carbocycles. The van der Waals surface area contributed by atoms with Gasteiger partial charge in [0.15, 0.2) is 0 Å². The molecule has 0 aromatic heterocycles. The fraction of sp³-hybridized carbons (Fsp3) is 0.667. The first-order chi connectivity index (χ1) is 8.00. The molecule has 94 valence electrons. The second-order valence-electron chi connectivity index (χ2n) is 5.84. The van der Waals surface area contributed by atoms with Crippen molar-refractivity contribution < 1.29 is 9.90 Å². The number of hydrogen-bond donors (Lipinski definition) is 1. The number of rotatable bonds is 2. The van der Waals surface area contributed by atoms with Crippen molar-refractivity contribution in [2.45, 2.75) is 40.0 Å². The summed E-state index contributed by atoms with van der Waals surface area (Å²) in [7, 11) is 0. The molecule has 0 aromatic rings. The highest BCUT2D eigenvalue weighted by Gasteiger charge is 2.38. The van der Waals surface area contributed by atoms with Crippen LogP contribution >= 0.6 is 0 Å². The molecule has 2 heteroatoms. The third-order valence-corrected chi connectivity index (χ3v) is 4.40. The van der Waals surface area contributed by atoms with E-state index in [9.17, 15) is 9.90 Å². The maximum Gasteiger partial charge on any atom is 0.331 e. The van der Waals surface area contributed by atoms with Crippen LogP contribution in [0.1, 0.15) is 40.0 Å². The summed E-state index contributed by atoms with van der Waals surface area (Å²) in [6.07, 6.45) is 7.30. The van der Waals surface area contributed by atoms with Crippen LogP contribution in [-0.4, -0.2) is 11.1 Å². The van der Waals surface area contributed by atoms with Crippen LogP contribution in [0, 0.1) is 23.7 Å². The van der Waals surface area contributed by atoms with E-state index in [0.29, 0.717) is 23.3 Å². The summed E-state index contributed by atoms with van der Waals surface area (Å²) in [5.74, 6) is 1.21. The molecule has 0 amide bonds. The van der Waals surface area contributed by atoms with Gasteiger partial charge < -0.3 is 5.11 Å². The predicted octanol–water partition coefficient (Wildman–Crippen LogP) is 3.65. The molecule has 0 heterocycles. The molecule has 17 heavy (non-hydrogen) atoms. The van der Waals surface area contributed by atoms with Crippen LogP contribution in [-0.2, 0) is 4.79 Å². The Balaban J connectivity index is 2.34.